The van der Waals surface area contributed by atoms with Gasteiger partial charge in [0.25, 0.3) is 5.91 Å². The first kappa shape index (κ1) is 20.3. The third-order valence-electron chi connectivity index (χ3n) is 4.14. The minimum Gasteiger partial charge on any atom is -0.378 e. The molecule has 2 N–H and O–H groups in total. The molecule has 0 aliphatic carbocycles. The average Bonchev–Trinajstić information content (AvgIpc) is 2.67. The van der Waals surface area contributed by atoms with E-state index < -0.39 is 0 Å². The SMILES string of the molecule is CN(C)c1ccc(NC(=O)c2cc(NC(C)(C)C)nc(-c3ccccc3)n2)cc1. The van der Waals surface area contributed by atoms with E-state index in [4.69, 9.17) is 0 Å². The molecule has 6 nitrogen and oxygen atoms in total. The second-order valence-corrected chi connectivity index (χ2v) is 8.10. The van der Waals surface area contributed by atoms with Crippen molar-refractivity contribution in [3.63, 3.8) is 0 Å². The van der Waals surface area contributed by atoms with E-state index in [-0.39, 0.29) is 11.4 Å². The summed E-state index contributed by atoms with van der Waals surface area (Å²) in [5, 5.41) is 6.25. The van der Waals surface area contributed by atoms with E-state index in [9.17, 15) is 4.79 Å². The van der Waals surface area contributed by atoms with Gasteiger partial charge < -0.3 is 15.5 Å². The van der Waals surface area contributed by atoms with E-state index in [0.717, 1.165) is 11.3 Å². The Morgan fingerprint density at radius 1 is 0.931 bits per heavy atom. The highest BCUT2D eigenvalue weighted by atomic mass is 16.1. The zero-order valence-electron chi connectivity index (χ0n) is 17.5. The Bertz CT molecular complexity index is 976. The monoisotopic (exact) mass is 389 g/mol. The summed E-state index contributed by atoms with van der Waals surface area (Å²) in [6, 6.07) is 19.0. The number of amides is 1. The van der Waals surface area contributed by atoms with Crippen LogP contribution in [-0.2, 0) is 0 Å². The molecule has 0 aliphatic rings. The lowest BCUT2D eigenvalue weighted by molar-refractivity contribution is 0.102. The van der Waals surface area contributed by atoms with Crippen molar-refractivity contribution in [3.8, 4) is 11.4 Å². The number of benzene rings is 2. The van der Waals surface area contributed by atoms with Crippen LogP contribution in [0.5, 0.6) is 0 Å². The molecule has 0 saturated carbocycles. The quantitative estimate of drug-likeness (QED) is 0.663. The van der Waals surface area contributed by atoms with Gasteiger partial charge in [-0.1, -0.05) is 30.3 Å². The summed E-state index contributed by atoms with van der Waals surface area (Å²) in [5.41, 5.74) is 2.74. The zero-order valence-corrected chi connectivity index (χ0v) is 17.5. The van der Waals surface area contributed by atoms with Crippen LogP contribution in [0.3, 0.4) is 0 Å². The summed E-state index contributed by atoms with van der Waals surface area (Å²) >= 11 is 0. The standard InChI is InChI=1S/C23H27N5O/c1-23(2,3)27-20-15-19(25-21(26-20)16-9-7-6-8-10-16)22(29)24-17-11-13-18(14-12-17)28(4)5/h6-15H,1-5H3,(H,24,29)(H,25,26,27). The summed E-state index contributed by atoms with van der Waals surface area (Å²) < 4.78 is 0. The molecule has 3 rings (SSSR count). The smallest absolute Gasteiger partial charge is 0.274 e. The van der Waals surface area contributed by atoms with Gasteiger partial charge in [0, 0.05) is 42.6 Å². The number of hydrogen-bond acceptors (Lipinski definition) is 5. The van der Waals surface area contributed by atoms with Crippen LogP contribution >= 0.6 is 0 Å². The highest BCUT2D eigenvalue weighted by Gasteiger charge is 2.17. The molecule has 3 aromatic rings. The number of rotatable bonds is 5. The predicted octanol–water partition coefficient (Wildman–Crippen LogP) is 4.67. The molecule has 2 aromatic carbocycles. The summed E-state index contributed by atoms with van der Waals surface area (Å²) in [4.78, 5) is 24.0. The largest absolute Gasteiger partial charge is 0.378 e. The van der Waals surface area contributed by atoms with Crippen LogP contribution in [0.25, 0.3) is 11.4 Å². The first-order chi connectivity index (χ1) is 13.7. The molecule has 0 saturated heterocycles. The zero-order chi connectivity index (χ0) is 21.0. The number of aromatic nitrogens is 2. The Hall–Kier alpha value is -3.41. The van der Waals surface area contributed by atoms with Gasteiger partial charge in [0.2, 0.25) is 0 Å². The van der Waals surface area contributed by atoms with Crippen molar-refractivity contribution in [2.75, 3.05) is 29.6 Å². The molecule has 0 fully saturated rings. The molecule has 150 valence electrons. The number of carbonyl (C=O) groups excluding carboxylic acids is 1. The number of nitrogens with zero attached hydrogens (tertiary/aromatic N) is 3. The third-order valence-corrected chi connectivity index (χ3v) is 4.14. The Labute approximate surface area is 172 Å². The van der Waals surface area contributed by atoms with E-state index in [0.29, 0.717) is 23.0 Å². The van der Waals surface area contributed by atoms with E-state index in [2.05, 4.69) is 20.6 Å². The molecule has 0 aliphatic heterocycles. The second-order valence-electron chi connectivity index (χ2n) is 8.10. The van der Waals surface area contributed by atoms with Crippen LogP contribution in [0.2, 0.25) is 0 Å². The molecule has 0 atom stereocenters. The first-order valence-electron chi connectivity index (χ1n) is 9.53. The summed E-state index contributed by atoms with van der Waals surface area (Å²) in [5.74, 6) is 0.839. The average molecular weight is 390 g/mol. The molecule has 29 heavy (non-hydrogen) atoms. The number of carbonyl (C=O) groups is 1. The van der Waals surface area contributed by atoms with Gasteiger partial charge in [-0.2, -0.15) is 0 Å². The van der Waals surface area contributed by atoms with Crippen molar-refractivity contribution >= 4 is 23.1 Å². The summed E-state index contributed by atoms with van der Waals surface area (Å²) in [7, 11) is 3.95. The molecule has 1 heterocycles. The maximum atomic E-state index is 12.9. The second kappa shape index (κ2) is 8.31. The highest BCUT2D eigenvalue weighted by molar-refractivity contribution is 6.03. The summed E-state index contributed by atoms with van der Waals surface area (Å²) in [6.45, 7) is 6.13. The number of nitrogens with one attached hydrogen (secondary N) is 2. The fraction of sp³-hybridized carbons (Fsp3) is 0.261. The molecule has 0 unspecified atom stereocenters. The normalized spacial score (nSPS) is 11.1. The van der Waals surface area contributed by atoms with Crippen LogP contribution in [0.15, 0.2) is 60.7 Å². The lowest BCUT2D eigenvalue weighted by Crippen LogP contribution is -2.27. The maximum Gasteiger partial charge on any atom is 0.274 e. The van der Waals surface area contributed by atoms with E-state index in [1.807, 2.05) is 94.4 Å². The van der Waals surface area contributed by atoms with Gasteiger partial charge in [0.05, 0.1) is 0 Å². The molecular weight excluding hydrogens is 362 g/mol. The van der Waals surface area contributed by atoms with Crippen LogP contribution < -0.4 is 15.5 Å². The highest BCUT2D eigenvalue weighted by Crippen LogP contribution is 2.21. The lowest BCUT2D eigenvalue weighted by atomic mass is 10.1. The number of anilines is 3. The van der Waals surface area contributed by atoms with Gasteiger partial charge >= 0.3 is 0 Å². The van der Waals surface area contributed by atoms with E-state index >= 15 is 0 Å². The maximum absolute atomic E-state index is 12.9. The van der Waals surface area contributed by atoms with E-state index in [1.165, 1.54) is 0 Å². The Balaban J connectivity index is 1.92. The minimum atomic E-state index is -0.279. The molecule has 0 bridgehead atoms. The van der Waals surface area contributed by atoms with Crippen molar-refractivity contribution in [3.05, 3.63) is 66.4 Å². The van der Waals surface area contributed by atoms with E-state index in [1.54, 1.807) is 6.07 Å². The fourth-order valence-corrected chi connectivity index (χ4v) is 2.77. The van der Waals surface area contributed by atoms with Gasteiger partial charge in [-0.3, -0.25) is 4.79 Å². The predicted molar refractivity (Wildman–Crippen MR) is 120 cm³/mol. The van der Waals surface area contributed by atoms with Gasteiger partial charge in [-0.25, -0.2) is 9.97 Å². The number of hydrogen-bond donors (Lipinski definition) is 2. The Kier molecular flexibility index (Phi) is 5.82. The summed E-state index contributed by atoms with van der Waals surface area (Å²) in [6.07, 6.45) is 0. The molecule has 6 heteroatoms. The van der Waals surface area contributed by atoms with Crippen molar-refractivity contribution in [1.29, 1.82) is 0 Å². The molecule has 1 amide bonds. The molecule has 0 radical (unpaired) electrons. The van der Waals surface area contributed by atoms with Gasteiger partial charge in [0.15, 0.2) is 5.82 Å². The van der Waals surface area contributed by atoms with Crippen molar-refractivity contribution < 1.29 is 4.79 Å². The first-order valence-corrected chi connectivity index (χ1v) is 9.53. The van der Waals surface area contributed by atoms with Gasteiger partial charge in [0.1, 0.15) is 11.5 Å². The molecule has 0 spiro atoms. The molecular formula is C23H27N5O. The van der Waals surface area contributed by atoms with Crippen LogP contribution in [0.1, 0.15) is 31.3 Å². The Morgan fingerprint density at radius 3 is 2.17 bits per heavy atom. The minimum absolute atomic E-state index is 0.196. The molecule has 1 aromatic heterocycles. The lowest BCUT2D eigenvalue weighted by Gasteiger charge is -2.22. The van der Waals surface area contributed by atoms with Crippen LogP contribution in [-0.4, -0.2) is 35.5 Å². The van der Waals surface area contributed by atoms with Crippen LogP contribution in [0, 0.1) is 0 Å². The third kappa shape index (κ3) is 5.54. The van der Waals surface area contributed by atoms with Crippen molar-refractivity contribution in [2.24, 2.45) is 0 Å². The van der Waals surface area contributed by atoms with Crippen LogP contribution in [0.4, 0.5) is 17.2 Å². The van der Waals surface area contributed by atoms with Crippen molar-refractivity contribution in [2.45, 2.75) is 26.3 Å². The topological polar surface area (TPSA) is 70.2 Å². The Morgan fingerprint density at radius 2 is 1.59 bits per heavy atom. The van der Waals surface area contributed by atoms with Crippen molar-refractivity contribution in [1.82, 2.24) is 9.97 Å². The van der Waals surface area contributed by atoms with Gasteiger partial charge in [-0.05, 0) is 45.0 Å². The van der Waals surface area contributed by atoms with Gasteiger partial charge in [-0.15, -0.1) is 0 Å². The fourth-order valence-electron chi connectivity index (χ4n) is 2.77.